The third kappa shape index (κ3) is 6.48. The maximum absolute atomic E-state index is 12.4. The monoisotopic (exact) mass is 276 g/mol. The minimum atomic E-state index is -4.05. The summed E-state index contributed by atoms with van der Waals surface area (Å²) < 4.78 is 63.0. The second-order valence-corrected chi connectivity index (χ2v) is 4.03. The van der Waals surface area contributed by atoms with Crippen LogP contribution in [0, 0.1) is 0 Å². The van der Waals surface area contributed by atoms with Gasteiger partial charge in [0.1, 0.15) is 12.2 Å². The first-order valence-corrected chi connectivity index (χ1v) is 5.53. The van der Waals surface area contributed by atoms with Crippen LogP contribution in [-0.2, 0) is 14.2 Å². The average molecular weight is 276 g/mol. The van der Waals surface area contributed by atoms with E-state index in [1.807, 2.05) is 0 Å². The molecule has 0 amide bonds. The van der Waals surface area contributed by atoms with Gasteiger partial charge >= 0.3 is 12.3 Å². The molecule has 0 radical (unpaired) electrons. The number of hydrogen-bond donors (Lipinski definition) is 1. The fraction of sp³-hybridized carbons (Fsp3) is 1.00. The summed E-state index contributed by atoms with van der Waals surface area (Å²) >= 11 is 0. The SMILES string of the molecule is OC(COCCC(F)(F)C(F)F)COCC1CO1. The van der Waals surface area contributed by atoms with Crippen molar-refractivity contribution < 1.29 is 36.9 Å². The molecule has 4 nitrogen and oxygen atoms in total. The van der Waals surface area contributed by atoms with Crippen LogP contribution in [0.25, 0.3) is 0 Å². The Labute approximate surface area is 102 Å². The quantitative estimate of drug-likeness (QED) is 0.368. The minimum absolute atomic E-state index is 0.00883. The third-order valence-corrected chi connectivity index (χ3v) is 2.23. The first-order valence-electron chi connectivity index (χ1n) is 5.53. The second kappa shape index (κ2) is 7.22. The van der Waals surface area contributed by atoms with Crippen molar-refractivity contribution in [3.8, 4) is 0 Å². The molecule has 1 saturated heterocycles. The van der Waals surface area contributed by atoms with Gasteiger partial charge in [-0.15, -0.1) is 0 Å². The zero-order valence-electron chi connectivity index (χ0n) is 9.66. The molecular weight excluding hydrogens is 260 g/mol. The number of ether oxygens (including phenoxy) is 3. The van der Waals surface area contributed by atoms with Crippen molar-refractivity contribution in [2.24, 2.45) is 0 Å². The van der Waals surface area contributed by atoms with Gasteiger partial charge in [-0.3, -0.25) is 0 Å². The molecule has 1 aliphatic rings. The predicted octanol–water partition coefficient (Wildman–Crippen LogP) is 1.07. The normalized spacial score (nSPS) is 21.3. The van der Waals surface area contributed by atoms with E-state index in [0.29, 0.717) is 13.2 Å². The Bertz CT molecular complexity index is 236. The van der Waals surface area contributed by atoms with E-state index in [2.05, 4.69) is 4.74 Å². The Morgan fingerprint density at radius 1 is 1.28 bits per heavy atom. The summed E-state index contributed by atoms with van der Waals surface area (Å²) in [7, 11) is 0. The summed E-state index contributed by atoms with van der Waals surface area (Å²) in [6.07, 6.45) is -5.67. The molecule has 0 aliphatic carbocycles. The number of rotatable bonds is 10. The number of hydrogen-bond acceptors (Lipinski definition) is 4. The molecule has 0 aromatic rings. The third-order valence-electron chi connectivity index (χ3n) is 2.23. The van der Waals surface area contributed by atoms with Gasteiger partial charge in [0.25, 0.3) is 0 Å². The Morgan fingerprint density at radius 2 is 1.89 bits per heavy atom. The zero-order chi connectivity index (χ0) is 13.6. The van der Waals surface area contributed by atoms with Crippen LogP contribution >= 0.6 is 0 Å². The lowest BCUT2D eigenvalue weighted by Crippen LogP contribution is -2.29. The minimum Gasteiger partial charge on any atom is -0.388 e. The number of epoxide rings is 1. The van der Waals surface area contributed by atoms with Crippen LogP contribution in [-0.4, -0.2) is 62.7 Å². The van der Waals surface area contributed by atoms with Crippen LogP contribution < -0.4 is 0 Å². The van der Waals surface area contributed by atoms with Crippen molar-refractivity contribution in [2.45, 2.75) is 31.0 Å². The van der Waals surface area contributed by atoms with Crippen molar-refractivity contribution in [2.75, 3.05) is 33.0 Å². The molecule has 0 aromatic carbocycles. The van der Waals surface area contributed by atoms with Crippen molar-refractivity contribution >= 4 is 0 Å². The summed E-state index contributed by atoms with van der Waals surface area (Å²) in [5, 5.41) is 9.29. The van der Waals surface area contributed by atoms with Crippen molar-refractivity contribution in [3.05, 3.63) is 0 Å². The van der Waals surface area contributed by atoms with E-state index in [1.165, 1.54) is 0 Å². The molecule has 1 rings (SSSR count). The van der Waals surface area contributed by atoms with E-state index < -0.39 is 31.5 Å². The van der Waals surface area contributed by atoms with Crippen LogP contribution in [0.4, 0.5) is 17.6 Å². The molecule has 1 N–H and O–H groups in total. The predicted molar refractivity (Wildman–Crippen MR) is 53.0 cm³/mol. The smallest absolute Gasteiger partial charge is 0.309 e. The highest BCUT2D eigenvalue weighted by Crippen LogP contribution is 2.26. The Kier molecular flexibility index (Phi) is 6.27. The second-order valence-electron chi connectivity index (χ2n) is 4.03. The molecule has 1 heterocycles. The maximum atomic E-state index is 12.4. The summed E-state index contributed by atoms with van der Waals surface area (Å²) in [4.78, 5) is 0. The molecule has 18 heavy (non-hydrogen) atoms. The Hall–Kier alpha value is -0.440. The molecular formula is C10H16F4O4. The Balaban J connectivity index is 1.95. The van der Waals surface area contributed by atoms with Crippen LogP contribution in [0.1, 0.15) is 6.42 Å². The highest BCUT2D eigenvalue weighted by Gasteiger charge is 2.40. The summed E-state index contributed by atoms with van der Waals surface area (Å²) in [6, 6.07) is 0. The van der Waals surface area contributed by atoms with Gasteiger partial charge in [0, 0.05) is 6.42 Å². The fourth-order valence-electron chi connectivity index (χ4n) is 1.08. The molecule has 0 aromatic heterocycles. The first-order chi connectivity index (χ1) is 8.42. The van der Waals surface area contributed by atoms with Crippen molar-refractivity contribution in [3.63, 3.8) is 0 Å². The number of halogens is 4. The lowest BCUT2D eigenvalue weighted by molar-refractivity contribution is -0.144. The van der Waals surface area contributed by atoms with E-state index >= 15 is 0 Å². The van der Waals surface area contributed by atoms with E-state index in [1.54, 1.807) is 0 Å². The van der Waals surface area contributed by atoms with Crippen molar-refractivity contribution in [1.82, 2.24) is 0 Å². The van der Waals surface area contributed by atoms with E-state index in [9.17, 15) is 22.7 Å². The van der Waals surface area contributed by atoms with Gasteiger partial charge in [0.05, 0.1) is 33.0 Å². The van der Waals surface area contributed by atoms with E-state index in [4.69, 9.17) is 9.47 Å². The number of alkyl halides is 4. The van der Waals surface area contributed by atoms with Gasteiger partial charge < -0.3 is 19.3 Å². The topological polar surface area (TPSA) is 51.2 Å². The summed E-state index contributed by atoms with van der Waals surface area (Å²) in [5.41, 5.74) is 0. The van der Waals surface area contributed by atoms with Crippen LogP contribution in [0.2, 0.25) is 0 Å². The van der Waals surface area contributed by atoms with E-state index in [-0.39, 0.29) is 19.3 Å². The van der Waals surface area contributed by atoms with Crippen LogP contribution in [0.3, 0.4) is 0 Å². The van der Waals surface area contributed by atoms with Gasteiger partial charge in [0.15, 0.2) is 0 Å². The first kappa shape index (κ1) is 15.6. The van der Waals surface area contributed by atoms with Gasteiger partial charge in [-0.25, -0.2) is 17.6 Å². The maximum Gasteiger partial charge on any atom is 0.309 e. The van der Waals surface area contributed by atoms with E-state index in [0.717, 1.165) is 0 Å². The lowest BCUT2D eigenvalue weighted by Gasteiger charge is -2.16. The molecule has 1 fully saturated rings. The average Bonchev–Trinajstić information content (AvgIpc) is 3.08. The number of aliphatic hydroxyl groups excluding tert-OH is 1. The molecule has 8 heteroatoms. The van der Waals surface area contributed by atoms with Crippen molar-refractivity contribution in [1.29, 1.82) is 0 Å². The van der Waals surface area contributed by atoms with Crippen LogP contribution in [0.5, 0.6) is 0 Å². The van der Waals surface area contributed by atoms with Crippen LogP contribution in [0.15, 0.2) is 0 Å². The fourth-order valence-corrected chi connectivity index (χ4v) is 1.08. The Morgan fingerprint density at radius 3 is 2.44 bits per heavy atom. The molecule has 0 spiro atoms. The van der Waals surface area contributed by atoms with Gasteiger partial charge in [-0.05, 0) is 0 Å². The van der Waals surface area contributed by atoms with Gasteiger partial charge in [-0.1, -0.05) is 0 Å². The number of aliphatic hydroxyl groups is 1. The zero-order valence-corrected chi connectivity index (χ0v) is 9.66. The summed E-state index contributed by atoms with van der Waals surface area (Å²) in [6.45, 7) is 0.214. The molecule has 108 valence electrons. The lowest BCUT2D eigenvalue weighted by atomic mass is 10.2. The highest BCUT2D eigenvalue weighted by molar-refractivity contribution is 4.69. The molecule has 0 bridgehead atoms. The standard InChI is InChI=1S/C10H16F4O4/c11-9(12)10(13,14)1-2-16-3-7(15)4-17-5-8-6-18-8/h7-9,15H,1-6H2. The summed E-state index contributed by atoms with van der Waals surface area (Å²) in [5.74, 6) is -4.05. The molecule has 2 atom stereocenters. The molecule has 2 unspecified atom stereocenters. The highest BCUT2D eigenvalue weighted by atomic mass is 19.3. The molecule has 1 aliphatic heterocycles. The van der Waals surface area contributed by atoms with Gasteiger partial charge in [-0.2, -0.15) is 0 Å². The van der Waals surface area contributed by atoms with Gasteiger partial charge in [0.2, 0.25) is 0 Å². The molecule has 0 saturated carbocycles. The largest absolute Gasteiger partial charge is 0.388 e.